The lowest BCUT2D eigenvalue weighted by Gasteiger charge is -2.19. The van der Waals surface area contributed by atoms with Gasteiger partial charge < -0.3 is 15.2 Å². The molecule has 2 amide bonds. The molecule has 0 saturated heterocycles. The average molecular weight is 411 g/mol. The average Bonchev–Trinajstić information content (AvgIpc) is 3.13. The number of aryl methyl sites for hydroxylation is 1. The first kappa shape index (κ1) is 20.6. The Labute approximate surface area is 174 Å². The van der Waals surface area contributed by atoms with Crippen molar-refractivity contribution in [1.82, 2.24) is 20.2 Å². The quantitative estimate of drug-likeness (QED) is 0.598. The van der Waals surface area contributed by atoms with Gasteiger partial charge in [-0.15, -0.1) is 0 Å². The molecule has 7 heteroatoms. The van der Waals surface area contributed by atoms with Crippen LogP contribution >= 0.6 is 11.6 Å². The molecule has 0 fully saturated rings. The summed E-state index contributed by atoms with van der Waals surface area (Å²) in [5, 5.41) is 6.21. The summed E-state index contributed by atoms with van der Waals surface area (Å²) in [6.45, 7) is 0.476. The lowest BCUT2D eigenvalue weighted by atomic mass is 10.0. The van der Waals surface area contributed by atoms with Gasteiger partial charge in [-0.3, -0.25) is 9.59 Å². The molecular formula is C22H23ClN4O2. The molecule has 29 heavy (non-hydrogen) atoms. The zero-order chi connectivity index (χ0) is 20.6. The predicted octanol–water partition coefficient (Wildman–Crippen LogP) is 3.29. The number of rotatable bonds is 8. The summed E-state index contributed by atoms with van der Waals surface area (Å²) in [5.41, 5.74) is 1.23. The SMILES string of the molecule is Cn1ccnc1CCNC(=O)CC(NC(=O)c1ccccc1Cl)c1ccccc1. The van der Waals surface area contributed by atoms with Gasteiger partial charge in [0.25, 0.3) is 5.91 Å². The standard InChI is InChI=1S/C22H23ClN4O2/c1-27-14-13-24-20(27)11-12-25-21(28)15-19(16-7-3-2-4-8-16)26-22(29)17-9-5-6-10-18(17)23/h2-10,13-14,19H,11-12,15H2,1H3,(H,25,28)(H,26,29). The third-order valence-electron chi connectivity index (χ3n) is 4.61. The van der Waals surface area contributed by atoms with Crippen LogP contribution in [0.1, 0.15) is 34.2 Å². The van der Waals surface area contributed by atoms with Crippen LogP contribution in [0.25, 0.3) is 0 Å². The molecule has 2 N–H and O–H groups in total. The molecule has 0 aliphatic rings. The van der Waals surface area contributed by atoms with E-state index in [0.29, 0.717) is 23.6 Å². The summed E-state index contributed by atoms with van der Waals surface area (Å²) in [4.78, 5) is 29.5. The van der Waals surface area contributed by atoms with Gasteiger partial charge in [0.2, 0.25) is 5.91 Å². The number of benzene rings is 2. The van der Waals surface area contributed by atoms with Crippen molar-refractivity contribution in [2.45, 2.75) is 18.9 Å². The molecule has 0 saturated carbocycles. The van der Waals surface area contributed by atoms with E-state index in [1.54, 1.807) is 30.5 Å². The van der Waals surface area contributed by atoms with Crippen LogP contribution in [0.5, 0.6) is 0 Å². The smallest absolute Gasteiger partial charge is 0.253 e. The van der Waals surface area contributed by atoms with Crippen molar-refractivity contribution in [1.29, 1.82) is 0 Å². The Kier molecular flexibility index (Phi) is 7.03. The highest BCUT2D eigenvalue weighted by Gasteiger charge is 2.20. The van der Waals surface area contributed by atoms with Crippen molar-refractivity contribution in [3.63, 3.8) is 0 Å². The topological polar surface area (TPSA) is 76.0 Å². The van der Waals surface area contributed by atoms with E-state index in [-0.39, 0.29) is 18.2 Å². The van der Waals surface area contributed by atoms with Gasteiger partial charge in [0.1, 0.15) is 5.82 Å². The van der Waals surface area contributed by atoms with Crippen molar-refractivity contribution in [2.24, 2.45) is 7.05 Å². The van der Waals surface area contributed by atoms with Crippen LogP contribution in [0, 0.1) is 0 Å². The van der Waals surface area contributed by atoms with E-state index in [1.807, 2.05) is 48.1 Å². The lowest BCUT2D eigenvalue weighted by molar-refractivity contribution is -0.121. The van der Waals surface area contributed by atoms with Crippen LogP contribution in [0.4, 0.5) is 0 Å². The maximum absolute atomic E-state index is 12.7. The van der Waals surface area contributed by atoms with Gasteiger partial charge in [-0.25, -0.2) is 4.98 Å². The van der Waals surface area contributed by atoms with Crippen molar-refractivity contribution >= 4 is 23.4 Å². The number of halogens is 1. The van der Waals surface area contributed by atoms with E-state index in [0.717, 1.165) is 11.4 Å². The van der Waals surface area contributed by atoms with E-state index >= 15 is 0 Å². The number of hydrogen-bond donors (Lipinski definition) is 2. The molecule has 3 aromatic rings. The minimum atomic E-state index is -0.465. The van der Waals surface area contributed by atoms with Gasteiger partial charge in [0, 0.05) is 32.4 Å². The van der Waals surface area contributed by atoms with Crippen LogP contribution in [0.2, 0.25) is 5.02 Å². The van der Waals surface area contributed by atoms with Gasteiger partial charge >= 0.3 is 0 Å². The van der Waals surface area contributed by atoms with Gasteiger partial charge in [0.05, 0.1) is 23.0 Å². The number of amides is 2. The molecule has 0 aliphatic carbocycles. The number of nitrogens with zero attached hydrogens (tertiary/aromatic N) is 2. The largest absolute Gasteiger partial charge is 0.356 e. The summed E-state index contributed by atoms with van der Waals surface area (Å²) in [6.07, 6.45) is 4.36. The Balaban J connectivity index is 1.64. The lowest BCUT2D eigenvalue weighted by Crippen LogP contribution is -2.34. The second-order valence-electron chi connectivity index (χ2n) is 6.68. The molecule has 6 nitrogen and oxygen atoms in total. The maximum atomic E-state index is 12.7. The molecule has 150 valence electrons. The Hall–Kier alpha value is -3.12. The Bertz CT molecular complexity index is 972. The number of imidazole rings is 1. The second kappa shape index (κ2) is 9.89. The number of aromatic nitrogens is 2. The third-order valence-corrected chi connectivity index (χ3v) is 4.94. The van der Waals surface area contributed by atoms with Gasteiger partial charge in [-0.2, -0.15) is 0 Å². The highest BCUT2D eigenvalue weighted by Crippen LogP contribution is 2.20. The molecule has 0 radical (unpaired) electrons. The summed E-state index contributed by atoms with van der Waals surface area (Å²) < 4.78 is 1.92. The monoisotopic (exact) mass is 410 g/mol. The van der Waals surface area contributed by atoms with Crippen molar-refractivity contribution < 1.29 is 9.59 Å². The second-order valence-corrected chi connectivity index (χ2v) is 7.08. The Morgan fingerprint density at radius 2 is 1.83 bits per heavy atom. The zero-order valence-corrected chi connectivity index (χ0v) is 16.9. The van der Waals surface area contributed by atoms with E-state index in [4.69, 9.17) is 11.6 Å². The van der Waals surface area contributed by atoms with Gasteiger partial charge in [-0.05, 0) is 17.7 Å². The fraction of sp³-hybridized carbons (Fsp3) is 0.227. The fourth-order valence-electron chi connectivity index (χ4n) is 3.03. The molecule has 3 rings (SSSR count). The molecule has 1 atom stereocenters. The number of carbonyl (C=O) groups is 2. The minimum absolute atomic E-state index is 0.126. The molecule has 1 unspecified atom stereocenters. The minimum Gasteiger partial charge on any atom is -0.356 e. The molecular weight excluding hydrogens is 388 g/mol. The Morgan fingerprint density at radius 1 is 1.10 bits per heavy atom. The van der Waals surface area contributed by atoms with Crippen molar-refractivity contribution in [3.8, 4) is 0 Å². The highest BCUT2D eigenvalue weighted by atomic mass is 35.5. The molecule has 0 bridgehead atoms. The molecule has 2 aromatic carbocycles. The molecule has 1 aromatic heterocycles. The first-order chi connectivity index (χ1) is 14.0. The predicted molar refractivity (Wildman–Crippen MR) is 113 cm³/mol. The summed E-state index contributed by atoms with van der Waals surface area (Å²) in [5.74, 6) is 0.440. The first-order valence-electron chi connectivity index (χ1n) is 9.38. The molecule has 1 heterocycles. The van der Waals surface area contributed by atoms with E-state index in [2.05, 4.69) is 15.6 Å². The summed E-state index contributed by atoms with van der Waals surface area (Å²) in [6, 6.07) is 15.8. The summed E-state index contributed by atoms with van der Waals surface area (Å²) >= 11 is 6.14. The number of hydrogen-bond acceptors (Lipinski definition) is 3. The van der Waals surface area contributed by atoms with Crippen LogP contribution in [-0.4, -0.2) is 27.9 Å². The van der Waals surface area contributed by atoms with Crippen LogP contribution in [-0.2, 0) is 18.3 Å². The van der Waals surface area contributed by atoms with Crippen LogP contribution in [0.15, 0.2) is 67.0 Å². The maximum Gasteiger partial charge on any atom is 0.253 e. The van der Waals surface area contributed by atoms with Gasteiger partial charge in [-0.1, -0.05) is 54.1 Å². The molecule has 0 spiro atoms. The van der Waals surface area contributed by atoms with Crippen molar-refractivity contribution in [2.75, 3.05) is 6.54 Å². The number of carbonyl (C=O) groups excluding carboxylic acids is 2. The number of nitrogens with one attached hydrogen (secondary N) is 2. The first-order valence-corrected chi connectivity index (χ1v) is 9.75. The highest BCUT2D eigenvalue weighted by molar-refractivity contribution is 6.33. The fourth-order valence-corrected chi connectivity index (χ4v) is 3.25. The van der Waals surface area contributed by atoms with E-state index in [9.17, 15) is 9.59 Å². The summed E-state index contributed by atoms with van der Waals surface area (Å²) in [7, 11) is 1.92. The van der Waals surface area contributed by atoms with Crippen LogP contribution in [0.3, 0.4) is 0 Å². The van der Waals surface area contributed by atoms with E-state index < -0.39 is 6.04 Å². The van der Waals surface area contributed by atoms with E-state index in [1.165, 1.54) is 0 Å². The Morgan fingerprint density at radius 3 is 2.52 bits per heavy atom. The van der Waals surface area contributed by atoms with Crippen LogP contribution < -0.4 is 10.6 Å². The van der Waals surface area contributed by atoms with Crippen molar-refractivity contribution in [3.05, 3.63) is 89.0 Å². The van der Waals surface area contributed by atoms with Gasteiger partial charge in [0.15, 0.2) is 0 Å². The zero-order valence-electron chi connectivity index (χ0n) is 16.1. The molecule has 0 aliphatic heterocycles. The normalized spacial score (nSPS) is 11.7. The third kappa shape index (κ3) is 5.68.